The molecule has 4 nitrogen and oxygen atoms in total. The van der Waals surface area contributed by atoms with Crippen molar-refractivity contribution < 1.29 is 14.6 Å². The van der Waals surface area contributed by atoms with Crippen LogP contribution in [0.2, 0.25) is 0 Å². The van der Waals surface area contributed by atoms with Gasteiger partial charge in [0.15, 0.2) is 6.23 Å². The minimum atomic E-state index is -0.874. The molecule has 1 aliphatic rings. The molecule has 3 rings (SSSR count). The maximum atomic E-state index is 12.3. The molecular formula is C16H15NO3. The Hall–Kier alpha value is -2.33. The van der Waals surface area contributed by atoms with Gasteiger partial charge in [-0.1, -0.05) is 30.3 Å². The Labute approximate surface area is 117 Å². The number of rotatable bonds is 3. The lowest BCUT2D eigenvalue weighted by molar-refractivity contribution is 0.0137. The molecule has 0 fully saturated rings. The number of benzene rings is 2. The van der Waals surface area contributed by atoms with Gasteiger partial charge in [0.05, 0.1) is 7.11 Å². The number of hydrogen-bond acceptors (Lipinski definition) is 3. The van der Waals surface area contributed by atoms with E-state index in [2.05, 4.69) is 0 Å². The number of aliphatic hydroxyl groups is 1. The smallest absolute Gasteiger partial charge is 0.256 e. The lowest BCUT2D eigenvalue weighted by Gasteiger charge is -2.21. The molecule has 2 aromatic rings. The molecule has 2 aromatic carbocycles. The molecule has 0 aliphatic carbocycles. The SMILES string of the molecule is COc1ccc(CN2C(=O)c3ccccc3[C@@H]2O)cc1. The van der Waals surface area contributed by atoms with Crippen molar-refractivity contribution >= 4 is 5.91 Å². The largest absolute Gasteiger partial charge is 0.497 e. The summed E-state index contributed by atoms with van der Waals surface area (Å²) >= 11 is 0. The third-order valence-electron chi connectivity index (χ3n) is 3.54. The van der Waals surface area contributed by atoms with Gasteiger partial charge in [-0.05, 0) is 23.8 Å². The first kappa shape index (κ1) is 12.7. The number of methoxy groups -OCH3 is 1. The Morgan fingerprint density at radius 2 is 1.85 bits per heavy atom. The van der Waals surface area contributed by atoms with Gasteiger partial charge in [-0.15, -0.1) is 0 Å². The molecule has 0 saturated carbocycles. The summed E-state index contributed by atoms with van der Waals surface area (Å²) in [5, 5.41) is 10.3. The van der Waals surface area contributed by atoms with Gasteiger partial charge in [0.25, 0.3) is 5.91 Å². The fourth-order valence-corrected chi connectivity index (χ4v) is 2.44. The molecule has 1 N–H and O–H groups in total. The number of ether oxygens (including phenoxy) is 1. The van der Waals surface area contributed by atoms with Crippen LogP contribution in [0, 0.1) is 0 Å². The molecule has 1 atom stereocenters. The molecule has 0 aromatic heterocycles. The van der Waals surface area contributed by atoms with Gasteiger partial charge in [0, 0.05) is 17.7 Å². The summed E-state index contributed by atoms with van der Waals surface area (Å²) in [6.07, 6.45) is -0.874. The van der Waals surface area contributed by atoms with Crippen LogP contribution >= 0.6 is 0 Å². The first-order chi connectivity index (χ1) is 9.70. The zero-order valence-corrected chi connectivity index (χ0v) is 11.1. The second-order valence-electron chi connectivity index (χ2n) is 4.74. The standard InChI is InChI=1S/C16H15NO3/c1-20-12-8-6-11(7-9-12)10-17-15(18)13-4-2-3-5-14(13)16(17)19/h2-9,15,18H,10H2,1H3/t15-/m0/s1. The van der Waals surface area contributed by atoms with Gasteiger partial charge in [0.1, 0.15) is 5.75 Å². The summed E-state index contributed by atoms with van der Waals surface area (Å²) in [6, 6.07) is 14.6. The van der Waals surface area contributed by atoms with Crippen LogP contribution in [0.5, 0.6) is 5.75 Å². The Bertz CT molecular complexity index is 636. The van der Waals surface area contributed by atoms with Gasteiger partial charge in [-0.3, -0.25) is 4.79 Å². The summed E-state index contributed by atoms with van der Waals surface area (Å²) in [5.74, 6) is 0.634. The number of nitrogens with zero attached hydrogens (tertiary/aromatic N) is 1. The van der Waals surface area contributed by atoms with Crippen LogP contribution in [-0.2, 0) is 6.54 Å². The minimum Gasteiger partial charge on any atom is -0.497 e. The average molecular weight is 269 g/mol. The minimum absolute atomic E-state index is 0.135. The summed E-state index contributed by atoms with van der Waals surface area (Å²) in [7, 11) is 1.61. The van der Waals surface area contributed by atoms with Crippen molar-refractivity contribution in [2.75, 3.05) is 7.11 Å². The van der Waals surface area contributed by atoms with E-state index < -0.39 is 6.23 Å². The molecule has 20 heavy (non-hydrogen) atoms. The summed E-state index contributed by atoms with van der Waals surface area (Å²) in [6.45, 7) is 0.374. The monoisotopic (exact) mass is 269 g/mol. The highest BCUT2D eigenvalue weighted by molar-refractivity contribution is 5.98. The van der Waals surface area contributed by atoms with Crippen molar-refractivity contribution in [2.45, 2.75) is 12.8 Å². The predicted molar refractivity (Wildman–Crippen MR) is 74.3 cm³/mol. The van der Waals surface area contributed by atoms with Crippen molar-refractivity contribution in [3.63, 3.8) is 0 Å². The van der Waals surface area contributed by atoms with Crippen LogP contribution in [0.3, 0.4) is 0 Å². The molecule has 0 bridgehead atoms. The molecular weight excluding hydrogens is 254 g/mol. The maximum Gasteiger partial charge on any atom is 0.256 e. The zero-order chi connectivity index (χ0) is 14.1. The summed E-state index contributed by atoms with van der Waals surface area (Å²) in [4.78, 5) is 13.7. The Balaban J connectivity index is 1.83. The zero-order valence-electron chi connectivity index (χ0n) is 11.1. The molecule has 102 valence electrons. The van der Waals surface area contributed by atoms with Crippen molar-refractivity contribution in [1.82, 2.24) is 4.90 Å². The average Bonchev–Trinajstić information content (AvgIpc) is 2.74. The quantitative estimate of drug-likeness (QED) is 0.930. The second kappa shape index (κ2) is 4.98. The second-order valence-corrected chi connectivity index (χ2v) is 4.74. The van der Waals surface area contributed by atoms with Gasteiger partial charge < -0.3 is 14.7 Å². The molecule has 0 saturated heterocycles. The Kier molecular flexibility index (Phi) is 3.16. The van der Waals surface area contributed by atoms with Crippen LogP contribution in [-0.4, -0.2) is 23.0 Å². The molecule has 0 unspecified atom stereocenters. The van der Waals surface area contributed by atoms with Crippen LogP contribution in [0.1, 0.15) is 27.7 Å². The summed E-state index contributed by atoms with van der Waals surface area (Å²) in [5.41, 5.74) is 2.20. The normalized spacial score (nSPS) is 17.2. The van der Waals surface area contributed by atoms with E-state index in [0.717, 1.165) is 11.3 Å². The third kappa shape index (κ3) is 2.04. The highest BCUT2D eigenvalue weighted by Crippen LogP contribution is 2.32. The predicted octanol–water partition coefficient (Wildman–Crippen LogP) is 2.34. The number of amides is 1. The van der Waals surface area contributed by atoms with Gasteiger partial charge in [0.2, 0.25) is 0 Å². The number of carbonyl (C=O) groups is 1. The molecule has 1 aliphatic heterocycles. The van der Waals surface area contributed by atoms with Crippen molar-refractivity contribution in [1.29, 1.82) is 0 Å². The molecule has 0 spiro atoms. The molecule has 1 amide bonds. The first-order valence-corrected chi connectivity index (χ1v) is 6.41. The fourth-order valence-electron chi connectivity index (χ4n) is 2.44. The van der Waals surface area contributed by atoms with Crippen molar-refractivity contribution in [3.8, 4) is 5.75 Å². The van der Waals surface area contributed by atoms with E-state index in [9.17, 15) is 9.90 Å². The Morgan fingerprint density at radius 3 is 2.50 bits per heavy atom. The topological polar surface area (TPSA) is 49.8 Å². The maximum absolute atomic E-state index is 12.3. The Morgan fingerprint density at radius 1 is 1.15 bits per heavy atom. The first-order valence-electron chi connectivity index (χ1n) is 6.41. The number of fused-ring (bicyclic) bond motifs is 1. The lowest BCUT2D eigenvalue weighted by atomic mass is 10.1. The van der Waals surface area contributed by atoms with Crippen LogP contribution in [0.15, 0.2) is 48.5 Å². The van der Waals surface area contributed by atoms with E-state index in [1.165, 1.54) is 4.90 Å². The lowest BCUT2D eigenvalue weighted by Crippen LogP contribution is -2.27. The number of aliphatic hydroxyl groups excluding tert-OH is 1. The number of hydrogen-bond donors (Lipinski definition) is 1. The highest BCUT2D eigenvalue weighted by Gasteiger charge is 2.34. The van der Waals surface area contributed by atoms with Crippen LogP contribution in [0.25, 0.3) is 0 Å². The van der Waals surface area contributed by atoms with E-state index in [-0.39, 0.29) is 5.91 Å². The van der Waals surface area contributed by atoms with Crippen LogP contribution < -0.4 is 4.74 Å². The molecule has 1 heterocycles. The van der Waals surface area contributed by atoms with E-state index in [1.54, 1.807) is 25.3 Å². The van der Waals surface area contributed by atoms with E-state index in [0.29, 0.717) is 17.7 Å². The van der Waals surface area contributed by atoms with E-state index in [4.69, 9.17) is 4.74 Å². The van der Waals surface area contributed by atoms with Gasteiger partial charge in [-0.25, -0.2) is 0 Å². The van der Waals surface area contributed by atoms with Gasteiger partial charge in [-0.2, -0.15) is 0 Å². The number of carbonyl (C=O) groups excluding carboxylic acids is 1. The van der Waals surface area contributed by atoms with Crippen molar-refractivity contribution in [3.05, 3.63) is 65.2 Å². The van der Waals surface area contributed by atoms with Crippen molar-refractivity contribution in [2.24, 2.45) is 0 Å². The molecule has 0 radical (unpaired) electrons. The van der Waals surface area contributed by atoms with Crippen LogP contribution in [0.4, 0.5) is 0 Å². The van der Waals surface area contributed by atoms with Gasteiger partial charge >= 0.3 is 0 Å². The fraction of sp³-hybridized carbons (Fsp3) is 0.188. The molecule has 4 heteroatoms. The summed E-state index contributed by atoms with van der Waals surface area (Å²) < 4.78 is 5.10. The van der Waals surface area contributed by atoms with E-state index in [1.807, 2.05) is 30.3 Å². The highest BCUT2D eigenvalue weighted by atomic mass is 16.5. The third-order valence-corrected chi connectivity index (χ3v) is 3.54. The van der Waals surface area contributed by atoms with E-state index >= 15 is 0 Å².